The summed E-state index contributed by atoms with van der Waals surface area (Å²) in [5, 5.41) is 0. The molecule has 1 aliphatic rings. The quantitative estimate of drug-likeness (QED) is 0.503. The van der Waals surface area contributed by atoms with Gasteiger partial charge in [-0.1, -0.05) is 0 Å². The largest absolute Gasteiger partial charge is 0.381 e. The summed E-state index contributed by atoms with van der Waals surface area (Å²) < 4.78 is 4.92. The third-order valence-electron chi connectivity index (χ3n) is 1.41. The Labute approximate surface area is 43.6 Å². The van der Waals surface area contributed by atoms with E-state index in [1.165, 1.54) is 0 Å². The summed E-state index contributed by atoms with van der Waals surface area (Å²) in [5.74, 6) is 0.639. The molecular formula is C5H11NO. The van der Waals surface area contributed by atoms with Crippen molar-refractivity contribution in [2.45, 2.75) is 13.0 Å². The second kappa shape index (κ2) is 1.80. The molecule has 0 bridgehead atoms. The molecule has 7 heavy (non-hydrogen) atoms. The Morgan fingerprint density at radius 3 is 2.29 bits per heavy atom. The summed E-state index contributed by atoms with van der Waals surface area (Å²) in [6, 6.07) is 0.328. The molecule has 2 N–H and O–H groups in total. The van der Waals surface area contributed by atoms with Gasteiger partial charge in [-0.25, -0.2) is 0 Å². The van der Waals surface area contributed by atoms with Crippen molar-refractivity contribution in [3.8, 4) is 0 Å². The highest BCUT2D eigenvalue weighted by atomic mass is 16.5. The van der Waals surface area contributed by atoms with Crippen molar-refractivity contribution in [3.63, 3.8) is 0 Å². The predicted octanol–water partition coefficient (Wildman–Crippen LogP) is -0.0200. The maximum Gasteiger partial charge on any atom is 0.0531 e. The lowest BCUT2D eigenvalue weighted by molar-refractivity contribution is -0.0408. The normalized spacial score (nSPS) is 26.6. The summed E-state index contributed by atoms with van der Waals surface area (Å²) in [7, 11) is 0. The van der Waals surface area contributed by atoms with Crippen molar-refractivity contribution in [2.75, 3.05) is 13.2 Å². The fourth-order valence-corrected chi connectivity index (χ4v) is 0.557. The molecular weight excluding hydrogens is 90.1 g/mol. The topological polar surface area (TPSA) is 35.2 Å². The second-order valence-corrected chi connectivity index (χ2v) is 2.16. The number of hydrogen-bond donors (Lipinski definition) is 1. The lowest BCUT2D eigenvalue weighted by atomic mass is 10.0. The number of rotatable bonds is 1. The Morgan fingerprint density at radius 1 is 1.71 bits per heavy atom. The minimum atomic E-state index is 0.328. The van der Waals surface area contributed by atoms with Crippen molar-refractivity contribution in [2.24, 2.45) is 11.7 Å². The van der Waals surface area contributed by atoms with Crippen LogP contribution in [0.4, 0.5) is 0 Å². The van der Waals surface area contributed by atoms with Crippen LogP contribution in [0, 0.1) is 5.92 Å². The first-order valence-corrected chi connectivity index (χ1v) is 2.64. The Hall–Kier alpha value is -0.0800. The van der Waals surface area contributed by atoms with Gasteiger partial charge in [0.05, 0.1) is 13.2 Å². The zero-order chi connectivity index (χ0) is 5.28. The van der Waals surface area contributed by atoms with Gasteiger partial charge in [0.25, 0.3) is 0 Å². The Bertz CT molecular complexity index is 59.1. The van der Waals surface area contributed by atoms with E-state index in [2.05, 4.69) is 0 Å². The zero-order valence-electron chi connectivity index (χ0n) is 4.55. The fourth-order valence-electron chi connectivity index (χ4n) is 0.557. The van der Waals surface area contributed by atoms with Gasteiger partial charge in [0, 0.05) is 12.0 Å². The van der Waals surface area contributed by atoms with Crippen LogP contribution in [0.1, 0.15) is 6.92 Å². The molecule has 0 amide bonds. The van der Waals surface area contributed by atoms with Crippen molar-refractivity contribution in [3.05, 3.63) is 0 Å². The molecule has 1 atom stereocenters. The van der Waals surface area contributed by atoms with Gasteiger partial charge in [-0.2, -0.15) is 0 Å². The van der Waals surface area contributed by atoms with E-state index < -0.39 is 0 Å². The highest BCUT2D eigenvalue weighted by Crippen LogP contribution is 2.11. The van der Waals surface area contributed by atoms with Crippen LogP contribution in [-0.4, -0.2) is 19.3 Å². The molecule has 0 saturated carbocycles. The summed E-state index contributed by atoms with van der Waals surface area (Å²) in [4.78, 5) is 0. The van der Waals surface area contributed by atoms with E-state index in [4.69, 9.17) is 10.5 Å². The number of ether oxygens (including phenoxy) is 1. The molecule has 1 aliphatic heterocycles. The Morgan fingerprint density at radius 2 is 2.29 bits per heavy atom. The molecule has 0 aliphatic carbocycles. The highest BCUT2D eigenvalue weighted by Gasteiger charge is 2.21. The van der Waals surface area contributed by atoms with E-state index in [9.17, 15) is 0 Å². The smallest absolute Gasteiger partial charge is 0.0531 e. The fraction of sp³-hybridized carbons (Fsp3) is 1.00. The van der Waals surface area contributed by atoms with Gasteiger partial charge in [0.1, 0.15) is 0 Å². The Balaban J connectivity index is 2.14. The summed E-state index contributed by atoms with van der Waals surface area (Å²) in [5.41, 5.74) is 5.52. The molecule has 1 fully saturated rings. The van der Waals surface area contributed by atoms with Crippen LogP contribution in [0.15, 0.2) is 0 Å². The standard InChI is InChI=1S/C5H11NO/c1-4(6)5-2-7-3-5/h4-5H,2-3,6H2,1H3. The van der Waals surface area contributed by atoms with Crippen molar-refractivity contribution in [1.82, 2.24) is 0 Å². The first kappa shape index (κ1) is 5.06. The van der Waals surface area contributed by atoms with E-state index in [1.807, 2.05) is 6.92 Å². The van der Waals surface area contributed by atoms with Gasteiger partial charge in [0.15, 0.2) is 0 Å². The lowest BCUT2D eigenvalue weighted by Crippen LogP contribution is -2.40. The minimum Gasteiger partial charge on any atom is -0.381 e. The molecule has 0 aromatic heterocycles. The van der Waals surface area contributed by atoms with Crippen LogP contribution in [0.3, 0.4) is 0 Å². The SMILES string of the molecule is CC(N)C1COC1. The van der Waals surface area contributed by atoms with Gasteiger partial charge < -0.3 is 10.5 Å². The molecule has 2 nitrogen and oxygen atoms in total. The monoisotopic (exact) mass is 101 g/mol. The maximum absolute atomic E-state index is 5.52. The number of nitrogens with two attached hydrogens (primary N) is 1. The van der Waals surface area contributed by atoms with Crippen LogP contribution in [0.5, 0.6) is 0 Å². The van der Waals surface area contributed by atoms with E-state index in [0.29, 0.717) is 12.0 Å². The molecule has 1 heterocycles. The Kier molecular flexibility index (Phi) is 1.30. The second-order valence-electron chi connectivity index (χ2n) is 2.16. The molecule has 1 saturated heterocycles. The van der Waals surface area contributed by atoms with Crippen LogP contribution in [-0.2, 0) is 4.74 Å². The molecule has 42 valence electrons. The minimum absolute atomic E-state index is 0.328. The molecule has 0 aromatic carbocycles. The predicted molar refractivity (Wildman–Crippen MR) is 28.0 cm³/mol. The molecule has 0 radical (unpaired) electrons. The van der Waals surface area contributed by atoms with Gasteiger partial charge >= 0.3 is 0 Å². The molecule has 2 heteroatoms. The molecule has 1 unspecified atom stereocenters. The average Bonchev–Trinajstić information content (AvgIpc) is 1.23. The van der Waals surface area contributed by atoms with Gasteiger partial charge in [-0.05, 0) is 6.92 Å². The molecule has 0 aromatic rings. The van der Waals surface area contributed by atoms with Crippen molar-refractivity contribution >= 4 is 0 Å². The average molecular weight is 101 g/mol. The summed E-state index contributed by atoms with van der Waals surface area (Å²) in [6.45, 7) is 3.77. The van der Waals surface area contributed by atoms with E-state index in [-0.39, 0.29) is 0 Å². The van der Waals surface area contributed by atoms with Gasteiger partial charge in [-0.3, -0.25) is 0 Å². The first-order chi connectivity index (χ1) is 3.30. The zero-order valence-corrected chi connectivity index (χ0v) is 4.55. The van der Waals surface area contributed by atoms with Crippen LogP contribution < -0.4 is 5.73 Å². The highest BCUT2D eigenvalue weighted by molar-refractivity contribution is 4.73. The third-order valence-corrected chi connectivity index (χ3v) is 1.41. The van der Waals surface area contributed by atoms with Gasteiger partial charge in [-0.15, -0.1) is 0 Å². The van der Waals surface area contributed by atoms with Crippen molar-refractivity contribution in [1.29, 1.82) is 0 Å². The van der Waals surface area contributed by atoms with Gasteiger partial charge in [0.2, 0.25) is 0 Å². The molecule has 0 spiro atoms. The summed E-state index contributed by atoms with van der Waals surface area (Å²) in [6.07, 6.45) is 0. The lowest BCUT2D eigenvalue weighted by Gasteiger charge is -2.28. The van der Waals surface area contributed by atoms with Crippen molar-refractivity contribution < 1.29 is 4.74 Å². The van der Waals surface area contributed by atoms with E-state index in [1.54, 1.807) is 0 Å². The molecule has 1 rings (SSSR count). The van der Waals surface area contributed by atoms with E-state index in [0.717, 1.165) is 13.2 Å². The van der Waals surface area contributed by atoms with E-state index >= 15 is 0 Å². The number of hydrogen-bond acceptors (Lipinski definition) is 2. The third kappa shape index (κ3) is 0.924. The maximum atomic E-state index is 5.52. The van der Waals surface area contributed by atoms with Crippen LogP contribution >= 0.6 is 0 Å². The van der Waals surface area contributed by atoms with Crippen LogP contribution in [0.25, 0.3) is 0 Å². The summed E-state index contributed by atoms with van der Waals surface area (Å²) >= 11 is 0. The first-order valence-electron chi connectivity index (χ1n) is 2.64. The van der Waals surface area contributed by atoms with Crippen LogP contribution in [0.2, 0.25) is 0 Å².